The van der Waals surface area contributed by atoms with Gasteiger partial charge in [0, 0.05) is 30.8 Å². The molecule has 1 amide bonds. The SMILES string of the molecule is O=C(CC1CNc2ccccc21)Nc1ncccc1O. The maximum atomic E-state index is 12.0. The Labute approximate surface area is 116 Å². The predicted octanol–water partition coefficient (Wildman–Crippen LogP) is 2.33. The summed E-state index contributed by atoms with van der Waals surface area (Å²) in [7, 11) is 0. The lowest BCUT2D eigenvalue weighted by molar-refractivity contribution is -0.116. The first-order chi connectivity index (χ1) is 9.74. The third-order valence-corrected chi connectivity index (χ3v) is 3.42. The van der Waals surface area contributed by atoms with Crippen LogP contribution in [0.1, 0.15) is 17.9 Å². The van der Waals surface area contributed by atoms with Gasteiger partial charge in [0.05, 0.1) is 0 Å². The van der Waals surface area contributed by atoms with E-state index in [9.17, 15) is 9.90 Å². The van der Waals surface area contributed by atoms with Crippen molar-refractivity contribution in [2.45, 2.75) is 12.3 Å². The summed E-state index contributed by atoms with van der Waals surface area (Å²) in [5.74, 6) is 0.182. The predicted molar refractivity (Wildman–Crippen MR) is 76.8 cm³/mol. The van der Waals surface area contributed by atoms with Gasteiger partial charge in [-0.1, -0.05) is 18.2 Å². The van der Waals surface area contributed by atoms with E-state index in [1.54, 1.807) is 6.07 Å². The van der Waals surface area contributed by atoms with Crippen molar-refractivity contribution in [3.05, 3.63) is 48.2 Å². The molecule has 0 radical (unpaired) electrons. The highest BCUT2D eigenvalue weighted by atomic mass is 16.3. The van der Waals surface area contributed by atoms with Gasteiger partial charge in [0.1, 0.15) is 0 Å². The summed E-state index contributed by atoms with van der Waals surface area (Å²) in [4.78, 5) is 16.0. The van der Waals surface area contributed by atoms with Gasteiger partial charge in [-0.25, -0.2) is 4.98 Å². The molecule has 2 heterocycles. The number of hydrogen-bond acceptors (Lipinski definition) is 4. The van der Waals surface area contributed by atoms with Crippen LogP contribution in [0.15, 0.2) is 42.6 Å². The Bertz CT molecular complexity index is 643. The summed E-state index contributed by atoms with van der Waals surface area (Å²) >= 11 is 0. The molecule has 2 aromatic rings. The van der Waals surface area contributed by atoms with E-state index in [1.807, 2.05) is 24.3 Å². The molecule has 1 aromatic heterocycles. The summed E-state index contributed by atoms with van der Waals surface area (Å²) in [6.45, 7) is 0.751. The number of anilines is 2. The van der Waals surface area contributed by atoms with Crippen molar-refractivity contribution in [1.82, 2.24) is 4.98 Å². The largest absolute Gasteiger partial charge is 0.504 e. The van der Waals surface area contributed by atoms with Crippen LogP contribution >= 0.6 is 0 Å². The monoisotopic (exact) mass is 269 g/mol. The van der Waals surface area contributed by atoms with Crippen molar-refractivity contribution >= 4 is 17.4 Å². The van der Waals surface area contributed by atoms with Crippen molar-refractivity contribution in [2.75, 3.05) is 17.2 Å². The number of rotatable bonds is 3. The number of amides is 1. The van der Waals surface area contributed by atoms with Gasteiger partial charge >= 0.3 is 0 Å². The van der Waals surface area contributed by atoms with Crippen molar-refractivity contribution in [1.29, 1.82) is 0 Å². The van der Waals surface area contributed by atoms with Crippen LogP contribution in [-0.2, 0) is 4.79 Å². The Morgan fingerprint density at radius 2 is 2.20 bits per heavy atom. The van der Waals surface area contributed by atoms with Crippen LogP contribution in [-0.4, -0.2) is 22.5 Å². The summed E-state index contributed by atoms with van der Waals surface area (Å²) in [6, 6.07) is 11.1. The van der Waals surface area contributed by atoms with Crippen LogP contribution in [0.5, 0.6) is 5.75 Å². The zero-order valence-corrected chi connectivity index (χ0v) is 10.8. The summed E-state index contributed by atoms with van der Waals surface area (Å²) < 4.78 is 0. The second kappa shape index (κ2) is 5.21. The highest BCUT2D eigenvalue weighted by Gasteiger charge is 2.24. The molecular weight excluding hydrogens is 254 g/mol. The maximum absolute atomic E-state index is 12.0. The van der Waals surface area contributed by atoms with E-state index in [0.29, 0.717) is 6.42 Å². The lowest BCUT2D eigenvalue weighted by Crippen LogP contribution is -2.17. The number of para-hydroxylation sites is 1. The third kappa shape index (κ3) is 2.42. The van der Waals surface area contributed by atoms with Gasteiger partial charge in [0.2, 0.25) is 5.91 Å². The minimum Gasteiger partial charge on any atom is -0.504 e. The van der Waals surface area contributed by atoms with Crippen LogP contribution in [0.4, 0.5) is 11.5 Å². The van der Waals surface area contributed by atoms with E-state index in [2.05, 4.69) is 15.6 Å². The number of aromatic nitrogens is 1. The molecule has 0 saturated carbocycles. The van der Waals surface area contributed by atoms with Crippen molar-refractivity contribution in [3.63, 3.8) is 0 Å². The molecular formula is C15H15N3O2. The molecule has 1 atom stereocenters. The van der Waals surface area contributed by atoms with Crippen LogP contribution in [0.25, 0.3) is 0 Å². The van der Waals surface area contributed by atoms with Crippen molar-refractivity contribution in [2.24, 2.45) is 0 Å². The first-order valence-corrected chi connectivity index (χ1v) is 6.50. The highest BCUT2D eigenvalue weighted by Crippen LogP contribution is 2.33. The molecule has 0 fully saturated rings. The number of fused-ring (bicyclic) bond motifs is 1. The van der Waals surface area contributed by atoms with E-state index in [-0.39, 0.29) is 23.4 Å². The van der Waals surface area contributed by atoms with Crippen LogP contribution in [0.3, 0.4) is 0 Å². The molecule has 102 valence electrons. The van der Waals surface area contributed by atoms with Gasteiger partial charge in [0.25, 0.3) is 0 Å². The molecule has 0 saturated heterocycles. The smallest absolute Gasteiger partial charge is 0.226 e. The van der Waals surface area contributed by atoms with E-state index < -0.39 is 0 Å². The fraction of sp³-hybridized carbons (Fsp3) is 0.200. The van der Waals surface area contributed by atoms with Gasteiger partial charge < -0.3 is 15.7 Å². The zero-order chi connectivity index (χ0) is 13.9. The molecule has 0 spiro atoms. The minimum absolute atomic E-state index is 0.0224. The molecule has 5 heteroatoms. The fourth-order valence-electron chi connectivity index (χ4n) is 2.44. The number of pyridine rings is 1. The van der Waals surface area contributed by atoms with Crippen LogP contribution < -0.4 is 10.6 Å². The molecule has 1 aliphatic rings. The molecule has 1 aliphatic heterocycles. The Morgan fingerprint density at radius 3 is 3.05 bits per heavy atom. The molecule has 3 N–H and O–H groups in total. The number of nitrogens with zero attached hydrogens (tertiary/aromatic N) is 1. The molecule has 1 aromatic carbocycles. The van der Waals surface area contributed by atoms with Crippen molar-refractivity contribution in [3.8, 4) is 5.75 Å². The number of benzene rings is 1. The quantitative estimate of drug-likeness (QED) is 0.799. The second-order valence-corrected chi connectivity index (χ2v) is 4.79. The summed E-state index contributed by atoms with van der Waals surface area (Å²) in [5, 5.41) is 15.5. The fourth-order valence-corrected chi connectivity index (χ4v) is 2.44. The summed E-state index contributed by atoms with van der Waals surface area (Å²) in [6.07, 6.45) is 1.89. The Balaban J connectivity index is 1.68. The average molecular weight is 269 g/mol. The molecule has 0 aliphatic carbocycles. The van der Waals surface area contributed by atoms with Crippen LogP contribution in [0.2, 0.25) is 0 Å². The number of carbonyl (C=O) groups is 1. The van der Waals surface area contributed by atoms with Crippen molar-refractivity contribution < 1.29 is 9.90 Å². The number of carbonyl (C=O) groups excluding carboxylic acids is 1. The van der Waals surface area contributed by atoms with Gasteiger partial charge in [-0.3, -0.25) is 4.79 Å². The van der Waals surface area contributed by atoms with E-state index in [0.717, 1.165) is 17.8 Å². The van der Waals surface area contributed by atoms with E-state index >= 15 is 0 Å². The number of aromatic hydroxyl groups is 1. The third-order valence-electron chi connectivity index (χ3n) is 3.42. The lowest BCUT2D eigenvalue weighted by atomic mass is 9.97. The highest BCUT2D eigenvalue weighted by molar-refractivity contribution is 5.91. The standard InChI is InChI=1S/C15H15N3O2/c19-13-6-3-7-16-15(13)18-14(20)8-10-9-17-12-5-2-1-4-11(10)12/h1-7,10,17,19H,8-9H2,(H,16,18,20). The van der Waals surface area contributed by atoms with Gasteiger partial charge in [-0.05, 0) is 23.8 Å². The van der Waals surface area contributed by atoms with Gasteiger partial charge in [-0.15, -0.1) is 0 Å². The Morgan fingerprint density at radius 1 is 1.35 bits per heavy atom. The average Bonchev–Trinajstić information content (AvgIpc) is 2.85. The first kappa shape index (κ1) is 12.5. The second-order valence-electron chi connectivity index (χ2n) is 4.79. The maximum Gasteiger partial charge on any atom is 0.226 e. The summed E-state index contributed by atoms with van der Waals surface area (Å²) in [5.41, 5.74) is 2.25. The lowest BCUT2D eigenvalue weighted by Gasteiger charge is -2.10. The molecule has 0 bridgehead atoms. The normalized spacial score (nSPS) is 16.3. The zero-order valence-electron chi connectivity index (χ0n) is 10.8. The minimum atomic E-state index is -0.150. The van der Waals surface area contributed by atoms with Gasteiger partial charge in [-0.2, -0.15) is 0 Å². The molecule has 20 heavy (non-hydrogen) atoms. The molecule has 5 nitrogen and oxygen atoms in total. The van der Waals surface area contributed by atoms with E-state index in [1.165, 1.54) is 12.3 Å². The number of nitrogens with one attached hydrogen (secondary N) is 2. The first-order valence-electron chi connectivity index (χ1n) is 6.50. The van der Waals surface area contributed by atoms with E-state index in [4.69, 9.17) is 0 Å². The van der Waals surface area contributed by atoms with Gasteiger partial charge in [0.15, 0.2) is 11.6 Å². The Hall–Kier alpha value is -2.56. The van der Waals surface area contributed by atoms with Crippen LogP contribution in [0, 0.1) is 0 Å². The Kier molecular flexibility index (Phi) is 3.25. The molecule has 1 unspecified atom stereocenters. The number of hydrogen-bond donors (Lipinski definition) is 3. The molecule has 3 rings (SSSR count). The topological polar surface area (TPSA) is 74.2 Å².